The number of rotatable bonds is 4. The molecule has 2 aromatic rings. The fourth-order valence-corrected chi connectivity index (χ4v) is 3.04. The summed E-state index contributed by atoms with van der Waals surface area (Å²) in [5.74, 6) is 2.97. The van der Waals surface area contributed by atoms with Crippen molar-refractivity contribution in [2.45, 2.75) is 40.3 Å². The summed E-state index contributed by atoms with van der Waals surface area (Å²) in [5.41, 5.74) is 8.37. The number of aliphatic imine (C=N–C) groups is 2. The second kappa shape index (κ2) is 7.84. The van der Waals surface area contributed by atoms with Crippen LogP contribution >= 0.6 is 0 Å². The van der Waals surface area contributed by atoms with E-state index in [9.17, 15) is 0 Å². The van der Waals surface area contributed by atoms with Gasteiger partial charge in [-0.25, -0.2) is 9.98 Å². The molecule has 1 aliphatic rings. The number of imidazole rings is 1. The molecule has 8 nitrogen and oxygen atoms in total. The smallest absolute Gasteiger partial charge is 0.177 e. The van der Waals surface area contributed by atoms with Crippen LogP contribution in [0, 0.1) is 5.41 Å². The molecule has 0 fully saturated rings. The molecule has 0 aliphatic carbocycles. The summed E-state index contributed by atoms with van der Waals surface area (Å²) in [6.07, 6.45) is 1.92. The Kier molecular flexibility index (Phi) is 5.48. The van der Waals surface area contributed by atoms with Gasteiger partial charge in [-0.2, -0.15) is 0 Å². The second-order valence-electron chi connectivity index (χ2n) is 6.96. The van der Waals surface area contributed by atoms with Gasteiger partial charge in [0.05, 0.1) is 25.1 Å². The first kappa shape index (κ1) is 19.6. The third kappa shape index (κ3) is 3.90. The maximum absolute atomic E-state index is 8.06. The summed E-state index contributed by atoms with van der Waals surface area (Å²) in [4.78, 5) is 13.7. The van der Waals surface area contributed by atoms with E-state index in [1.165, 1.54) is 0 Å². The maximum Gasteiger partial charge on any atom is 0.177 e. The minimum absolute atomic E-state index is 0.0617. The topological polar surface area (TPSA) is 111 Å². The predicted octanol–water partition coefficient (Wildman–Crippen LogP) is 2.87. The van der Waals surface area contributed by atoms with E-state index in [1.54, 1.807) is 21.0 Å². The van der Waals surface area contributed by atoms with E-state index in [4.69, 9.17) is 25.6 Å². The van der Waals surface area contributed by atoms with Gasteiger partial charge in [0.2, 0.25) is 0 Å². The molecule has 1 aromatic carbocycles. The molecule has 0 spiro atoms. The van der Waals surface area contributed by atoms with Gasteiger partial charge < -0.3 is 25.2 Å². The second-order valence-corrected chi connectivity index (χ2v) is 6.96. The van der Waals surface area contributed by atoms with Gasteiger partial charge in [-0.3, -0.25) is 4.99 Å². The van der Waals surface area contributed by atoms with Crippen molar-refractivity contribution in [3.05, 3.63) is 29.6 Å². The van der Waals surface area contributed by atoms with Gasteiger partial charge in [-0.15, -0.1) is 0 Å². The van der Waals surface area contributed by atoms with Crippen LogP contribution in [-0.4, -0.2) is 46.7 Å². The van der Waals surface area contributed by atoms with Crippen LogP contribution in [0.3, 0.4) is 0 Å². The van der Waals surface area contributed by atoms with E-state index < -0.39 is 0 Å². The number of fused-ring (bicyclic) bond motifs is 3. The van der Waals surface area contributed by atoms with Crippen molar-refractivity contribution >= 4 is 17.4 Å². The number of aromatic nitrogens is 2. The number of hydrogen-bond donors (Lipinski definition) is 2. The predicted molar refractivity (Wildman–Crippen MR) is 111 cm³/mol. The standard InChI is InChI=1S/C20H26N6O2/c1-11(2)23-19(24-13(4)22)16-10-26-6-7-28-18-9-17(27-5)14(12(3)21)8-15(18)20(26)25-16/h8-11,21H,6-7H2,1-5H3,(H2,22,23,24). The Morgan fingerprint density at radius 1 is 1.36 bits per heavy atom. The molecular weight excluding hydrogens is 356 g/mol. The molecule has 0 unspecified atom stereocenters. The Labute approximate surface area is 164 Å². The summed E-state index contributed by atoms with van der Waals surface area (Å²) >= 11 is 0. The normalized spacial score (nSPS) is 14.2. The molecule has 0 radical (unpaired) electrons. The average Bonchev–Trinajstić information content (AvgIpc) is 2.96. The van der Waals surface area contributed by atoms with Crippen LogP contribution in [0.1, 0.15) is 39.0 Å². The van der Waals surface area contributed by atoms with Crippen LogP contribution in [0.25, 0.3) is 11.4 Å². The zero-order valence-corrected chi connectivity index (χ0v) is 16.9. The zero-order chi connectivity index (χ0) is 20.4. The summed E-state index contributed by atoms with van der Waals surface area (Å²) in [5, 5.41) is 8.06. The van der Waals surface area contributed by atoms with Crippen LogP contribution in [0.2, 0.25) is 0 Å². The maximum atomic E-state index is 8.06. The highest BCUT2D eigenvalue weighted by atomic mass is 16.5. The van der Waals surface area contributed by atoms with Crippen molar-refractivity contribution in [2.24, 2.45) is 15.7 Å². The molecular formula is C20H26N6O2. The SMILES string of the molecule is COc1cc2c(cc1C(C)=N)-c1nc(C(N=C(C)N)=NC(C)C)cn1CCO2. The molecule has 0 atom stereocenters. The lowest BCUT2D eigenvalue weighted by atomic mass is 10.0. The molecule has 0 saturated carbocycles. The van der Waals surface area contributed by atoms with Gasteiger partial charge in [0.1, 0.15) is 29.6 Å². The van der Waals surface area contributed by atoms with Crippen LogP contribution in [-0.2, 0) is 6.54 Å². The van der Waals surface area contributed by atoms with E-state index in [0.29, 0.717) is 53.3 Å². The monoisotopic (exact) mass is 382 g/mol. The van der Waals surface area contributed by atoms with Gasteiger partial charge in [-0.05, 0) is 33.8 Å². The minimum atomic E-state index is 0.0617. The molecule has 2 heterocycles. The number of benzene rings is 1. The van der Waals surface area contributed by atoms with Gasteiger partial charge in [0, 0.05) is 29.6 Å². The molecule has 3 N–H and O–H groups in total. The van der Waals surface area contributed by atoms with E-state index in [1.807, 2.05) is 36.7 Å². The lowest BCUT2D eigenvalue weighted by Gasteiger charge is -2.13. The van der Waals surface area contributed by atoms with Crippen LogP contribution in [0.15, 0.2) is 28.3 Å². The number of methoxy groups -OCH3 is 1. The van der Waals surface area contributed by atoms with Gasteiger partial charge in [0.15, 0.2) is 5.84 Å². The molecule has 0 bridgehead atoms. The summed E-state index contributed by atoms with van der Waals surface area (Å²) in [6, 6.07) is 3.77. The highest BCUT2D eigenvalue weighted by molar-refractivity contribution is 6.05. The minimum Gasteiger partial charge on any atom is -0.496 e. The number of nitrogens with two attached hydrogens (primary N) is 1. The Morgan fingerprint density at radius 2 is 2.11 bits per heavy atom. The summed E-state index contributed by atoms with van der Waals surface area (Å²) < 4.78 is 13.4. The first-order valence-corrected chi connectivity index (χ1v) is 9.17. The largest absolute Gasteiger partial charge is 0.496 e. The first-order chi connectivity index (χ1) is 13.3. The van der Waals surface area contributed by atoms with Crippen LogP contribution in [0.5, 0.6) is 11.5 Å². The van der Waals surface area contributed by atoms with Crippen molar-refractivity contribution in [1.29, 1.82) is 5.41 Å². The van der Waals surface area contributed by atoms with E-state index in [-0.39, 0.29) is 6.04 Å². The van der Waals surface area contributed by atoms with Gasteiger partial charge in [0.25, 0.3) is 0 Å². The molecule has 1 aliphatic heterocycles. The van der Waals surface area contributed by atoms with Gasteiger partial charge >= 0.3 is 0 Å². The van der Waals surface area contributed by atoms with E-state index in [0.717, 1.165) is 11.4 Å². The Hall–Kier alpha value is -3.16. The quantitative estimate of drug-likeness (QED) is 0.625. The average molecular weight is 382 g/mol. The first-order valence-electron chi connectivity index (χ1n) is 9.17. The van der Waals surface area contributed by atoms with Gasteiger partial charge in [-0.1, -0.05) is 0 Å². The van der Waals surface area contributed by atoms with Crippen molar-refractivity contribution in [3.8, 4) is 22.9 Å². The molecule has 148 valence electrons. The highest BCUT2D eigenvalue weighted by Crippen LogP contribution is 2.37. The molecule has 0 saturated heterocycles. The number of hydrogen-bond acceptors (Lipinski definition) is 5. The fraction of sp³-hybridized carbons (Fsp3) is 0.400. The fourth-order valence-electron chi connectivity index (χ4n) is 3.04. The summed E-state index contributed by atoms with van der Waals surface area (Å²) in [6.45, 7) is 8.56. The number of ether oxygens (including phenoxy) is 2. The van der Waals surface area contributed by atoms with Crippen molar-refractivity contribution < 1.29 is 9.47 Å². The Balaban J connectivity index is 2.19. The molecule has 8 heteroatoms. The van der Waals surface area contributed by atoms with Crippen LogP contribution < -0.4 is 15.2 Å². The van der Waals surface area contributed by atoms with Crippen molar-refractivity contribution in [2.75, 3.05) is 13.7 Å². The number of nitrogens with zero attached hydrogens (tertiary/aromatic N) is 4. The lowest BCUT2D eigenvalue weighted by molar-refractivity contribution is 0.304. The van der Waals surface area contributed by atoms with E-state index >= 15 is 0 Å². The highest BCUT2D eigenvalue weighted by Gasteiger charge is 2.23. The zero-order valence-electron chi connectivity index (χ0n) is 16.9. The molecule has 28 heavy (non-hydrogen) atoms. The summed E-state index contributed by atoms with van der Waals surface area (Å²) in [7, 11) is 1.59. The third-order valence-corrected chi connectivity index (χ3v) is 4.20. The molecule has 0 amide bonds. The number of nitrogens with one attached hydrogen (secondary N) is 1. The lowest BCUT2D eigenvalue weighted by Crippen LogP contribution is -2.12. The van der Waals surface area contributed by atoms with E-state index in [2.05, 4.69) is 9.98 Å². The Bertz CT molecular complexity index is 967. The van der Waals surface area contributed by atoms with Crippen molar-refractivity contribution in [3.63, 3.8) is 0 Å². The van der Waals surface area contributed by atoms with Crippen LogP contribution in [0.4, 0.5) is 0 Å². The molecule has 3 rings (SSSR count). The van der Waals surface area contributed by atoms with Crippen molar-refractivity contribution in [1.82, 2.24) is 9.55 Å². The molecule has 1 aromatic heterocycles. The Morgan fingerprint density at radius 3 is 2.71 bits per heavy atom. The number of amidine groups is 2. The third-order valence-electron chi connectivity index (χ3n) is 4.20.